The van der Waals surface area contributed by atoms with Crippen molar-refractivity contribution in [3.05, 3.63) is 0 Å². The summed E-state index contributed by atoms with van der Waals surface area (Å²) < 4.78 is 68.8. The standard InChI is InChI=1S/C84H164O17P2/c1-8-10-11-12-13-14-15-16-17-18-19-20-21-22-23-28-31-34-37-45-53-60-67-83(88)100-79(71-94-81(86)65-58-51-44-36-33-30-27-25-24-26-29-32-35-41-48-55-62-75(3)4)73-98-102(90,91)96-69-78(85)70-97-103(92,93)99-74-80(72-95-82(87)66-59-52-47-40-42-49-56-63-76(5)6)101-84(89)68-61-54-46-39-38-43-50-57-64-77(7)9-2/h75-80,85H,8-74H2,1-7H3,(H,90,91)(H,92,93)/t77?,78-,79-,80-/m1/s1. The van der Waals surface area contributed by atoms with Gasteiger partial charge in [-0.1, -0.05) is 389 Å². The van der Waals surface area contributed by atoms with Crippen LogP contribution in [0.5, 0.6) is 0 Å². The molecule has 0 aliphatic rings. The van der Waals surface area contributed by atoms with Gasteiger partial charge in [0.2, 0.25) is 0 Å². The van der Waals surface area contributed by atoms with Crippen molar-refractivity contribution in [1.29, 1.82) is 0 Å². The van der Waals surface area contributed by atoms with E-state index in [-0.39, 0.29) is 25.7 Å². The molecule has 17 nitrogen and oxygen atoms in total. The van der Waals surface area contributed by atoms with Gasteiger partial charge in [0.15, 0.2) is 12.2 Å². The summed E-state index contributed by atoms with van der Waals surface area (Å²) in [5.41, 5.74) is 0. The molecule has 0 aromatic carbocycles. The fourth-order valence-electron chi connectivity index (χ4n) is 13.0. The van der Waals surface area contributed by atoms with E-state index in [1.54, 1.807) is 0 Å². The quantitative estimate of drug-likeness (QED) is 0.0222. The second-order valence-electron chi connectivity index (χ2n) is 31.4. The lowest BCUT2D eigenvalue weighted by atomic mass is 9.99. The van der Waals surface area contributed by atoms with Gasteiger partial charge in [-0.15, -0.1) is 0 Å². The Morgan fingerprint density at radius 1 is 0.282 bits per heavy atom. The number of aliphatic hydroxyl groups excluding tert-OH is 1. The maximum absolute atomic E-state index is 13.1. The molecule has 0 aromatic rings. The van der Waals surface area contributed by atoms with Gasteiger partial charge in [-0.3, -0.25) is 37.3 Å². The Morgan fingerprint density at radius 2 is 0.495 bits per heavy atom. The molecule has 0 saturated heterocycles. The van der Waals surface area contributed by atoms with Crippen LogP contribution >= 0.6 is 15.6 Å². The van der Waals surface area contributed by atoms with Gasteiger partial charge in [0.05, 0.1) is 26.4 Å². The summed E-state index contributed by atoms with van der Waals surface area (Å²) >= 11 is 0. The van der Waals surface area contributed by atoms with E-state index in [1.807, 2.05) is 0 Å². The van der Waals surface area contributed by atoms with E-state index in [9.17, 15) is 43.2 Å². The van der Waals surface area contributed by atoms with Crippen molar-refractivity contribution < 1.29 is 80.2 Å². The molecular weight excluding hydrogens is 1340 g/mol. The van der Waals surface area contributed by atoms with Crippen LogP contribution in [0.3, 0.4) is 0 Å². The zero-order chi connectivity index (χ0) is 75.8. The minimum Gasteiger partial charge on any atom is -0.462 e. The van der Waals surface area contributed by atoms with Gasteiger partial charge >= 0.3 is 39.5 Å². The lowest BCUT2D eigenvalue weighted by molar-refractivity contribution is -0.161. The van der Waals surface area contributed by atoms with Crippen LogP contribution < -0.4 is 0 Å². The van der Waals surface area contributed by atoms with Gasteiger partial charge in [0, 0.05) is 25.7 Å². The van der Waals surface area contributed by atoms with Crippen LogP contribution in [0.4, 0.5) is 0 Å². The zero-order valence-corrected chi connectivity index (χ0v) is 69.6. The van der Waals surface area contributed by atoms with Gasteiger partial charge < -0.3 is 33.8 Å². The number of esters is 4. The van der Waals surface area contributed by atoms with Crippen LogP contribution in [-0.4, -0.2) is 96.7 Å². The molecule has 0 fully saturated rings. The predicted molar refractivity (Wildman–Crippen MR) is 423 cm³/mol. The average Bonchev–Trinajstić information content (AvgIpc) is 0.922. The van der Waals surface area contributed by atoms with Crippen molar-refractivity contribution in [2.45, 2.75) is 458 Å². The summed E-state index contributed by atoms with van der Waals surface area (Å²) in [7, 11) is -9.92. The van der Waals surface area contributed by atoms with E-state index >= 15 is 0 Å². The molecule has 0 aliphatic carbocycles. The minimum absolute atomic E-state index is 0.104. The highest BCUT2D eigenvalue weighted by molar-refractivity contribution is 7.47. The summed E-state index contributed by atoms with van der Waals surface area (Å²) in [4.78, 5) is 73.1. The average molecular weight is 1510 g/mol. The first-order valence-electron chi connectivity index (χ1n) is 43.4. The molecule has 6 atom stereocenters. The topological polar surface area (TPSA) is 237 Å². The summed E-state index contributed by atoms with van der Waals surface area (Å²) in [6.45, 7) is 11.9. The maximum atomic E-state index is 13.1. The van der Waals surface area contributed by atoms with E-state index in [2.05, 4.69) is 48.5 Å². The fourth-order valence-corrected chi connectivity index (χ4v) is 14.6. The Bertz CT molecular complexity index is 1990. The maximum Gasteiger partial charge on any atom is 0.472 e. The van der Waals surface area contributed by atoms with Gasteiger partial charge in [-0.2, -0.15) is 0 Å². The molecule has 0 heterocycles. The number of ether oxygens (including phenoxy) is 4. The summed E-state index contributed by atoms with van der Waals surface area (Å²) in [5, 5.41) is 10.7. The van der Waals surface area contributed by atoms with E-state index in [0.717, 1.165) is 108 Å². The third-order valence-electron chi connectivity index (χ3n) is 20.0. The number of aliphatic hydroxyl groups is 1. The molecule has 0 amide bonds. The molecule has 0 aliphatic heterocycles. The van der Waals surface area contributed by atoms with E-state index in [4.69, 9.17) is 37.0 Å². The molecule has 19 heteroatoms. The van der Waals surface area contributed by atoms with Crippen molar-refractivity contribution in [3.63, 3.8) is 0 Å². The van der Waals surface area contributed by atoms with Gasteiger partial charge in [-0.25, -0.2) is 9.13 Å². The number of phosphoric acid groups is 2. The van der Waals surface area contributed by atoms with E-state index in [1.165, 1.54) is 244 Å². The lowest BCUT2D eigenvalue weighted by Crippen LogP contribution is -2.30. The zero-order valence-electron chi connectivity index (χ0n) is 67.8. The Labute approximate surface area is 632 Å². The van der Waals surface area contributed by atoms with Crippen LogP contribution in [0.2, 0.25) is 0 Å². The molecule has 0 aromatic heterocycles. The van der Waals surface area contributed by atoms with Crippen LogP contribution in [-0.2, 0) is 65.4 Å². The highest BCUT2D eigenvalue weighted by Gasteiger charge is 2.30. The number of rotatable bonds is 82. The summed E-state index contributed by atoms with van der Waals surface area (Å²) in [5.74, 6) is 0.175. The van der Waals surface area contributed by atoms with E-state index in [0.29, 0.717) is 31.6 Å². The highest BCUT2D eigenvalue weighted by atomic mass is 31.2. The predicted octanol–water partition coefficient (Wildman–Crippen LogP) is 25.3. The van der Waals surface area contributed by atoms with Crippen molar-refractivity contribution in [1.82, 2.24) is 0 Å². The largest absolute Gasteiger partial charge is 0.472 e. The van der Waals surface area contributed by atoms with E-state index < -0.39 is 97.5 Å². The number of carbonyl (C=O) groups excluding carboxylic acids is 4. The molecule has 0 radical (unpaired) electrons. The second-order valence-corrected chi connectivity index (χ2v) is 34.3. The molecule has 612 valence electrons. The Morgan fingerprint density at radius 3 is 0.738 bits per heavy atom. The minimum atomic E-state index is -4.96. The van der Waals surface area contributed by atoms with Crippen LogP contribution in [0.15, 0.2) is 0 Å². The SMILES string of the molecule is CCCCCCCCCCCCCCCCCCCCCCCCC(=O)O[C@H](COC(=O)CCCCCCCCCCCCCCCCCCC(C)C)COP(=O)(O)OC[C@@H](O)COP(=O)(O)OC[C@@H](COC(=O)CCCCCCCCCC(C)C)OC(=O)CCCCCCCCCCC(C)CC. The van der Waals surface area contributed by atoms with Crippen LogP contribution in [0, 0.1) is 17.8 Å². The molecule has 3 unspecified atom stereocenters. The molecule has 0 bridgehead atoms. The first-order valence-corrected chi connectivity index (χ1v) is 46.4. The molecule has 0 saturated carbocycles. The Hall–Kier alpha value is -1.94. The normalized spacial score (nSPS) is 14.2. The monoisotopic (exact) mass is 1510 g/mol. The number of carbonyl (C=O) groups is 4. The fraction of sp³-hybridized carbons (Fsp3) is 0.952. The number of hydrogen-bond acceptors (Lipinski definition) is 15. The second kappa shape index (κ2) is 74.2. The Kier molecular flexibility index (Phi) is 72.8. The molecule has 0 rings (SSSR count). The molecule has 103 heavy (non-hydrogen) atoms. The van der Waals surface area contributed by atoms with Crippen LogP contribution in [0.1, 0.15) is 440 Å². The molecular formula is C84H164O17P2. The Balaban J connectivity index is 5.21. The van der Waals surface area contributed by atoms with Crippen molar-refractivity contribution in [2.75, 3.05) is 39.6 Å². The lowest BCUT2D eigenvalue weighted by Gasteiger charge is -2.21. The third-order valence-corrected chi connectivity index (χ3v) is 21.9. The summed E-state index contributed by atoms with van der Waals surface area (Å²) in [6, 6.07) is 0. The third kappa shape index (κ3) is 76.6. The van der Waals surface area contributed by atoms with Crippen molar-refractivity contribution in [3.8, 4) is 0 Å². The van der Waals surface area contributed by atoms with Gasteiger partial charge in [-0.05, 0) is 43.4 Å². The first kappa shape index (κ1) is 101. The molecule has 3 N–H and O–H groups in total. The first-order chi connectivity index (χ1) is 49.8. The summed E-state index contributed by atoms with van der Waals surface area (Å²) in [6.07, 6.45) is 64.1. The highest BCUT2D eigenvalue weighted by Crippen LogP contribution is 2.45. The number of phosphoric ester groups is 2. The van der Waals surface area contributed by atoms with Crippen molar-refractivity contribution >= 4 is 39.5 Å². The molecule has 0 spiro atoms. The van der Waals surface area contributed by atoms with Gasteiger partial charge in [0.1, 0.15) is 19.3 Å². The van der Waals surface area contributed by atoms with Crippen molar-refractivity contribution in [2.24, 2.45) is 17.8 Å². The number of unbranched alkanes of at least 4 members (excludes halogenated alkanes) is 49. The van der Waals surface area contributed by atoms with Crippen LogP contribution in [0.25, 0.3) is 0 Å². The number of hydrogen-bond donors (Lipinski definition) is 3. The smallest absolute Gasteiger partial charge is 0.462 e. The van der Waals surface area contributed by atoms with Gasteiger partial charge in [0.25, 0.3) is 0 Å².